The van der Waals surface area contributed by atoms with Crippen LogP contribution in [0.15, 0.2) is 30.7 Å². The van der Waals surface area contributed by atoms with Crippen LogP contribution in [0, 0.1) is 10.1 Å². The lowest BCUT2D eigenvalue weighted by molar-refractivity contribution is -0.384. The van der Waals surface area contributed by atoms with Crippen molar-refractivity contribution in [2.45, 2.75) is 6.42 Å². The summed E-state index contributed by atoms with van der Waals surface area (Å²) in [6, 6.07) is 3.80. The van der Waals surface area contributed by atoms with Crippen LogP contribution in [0.3, 0.4) is 0 Å². The van der Waals surface area contributed by atoms with Crippen molar-refractivity contribution < 1.29 is 9.72 Å². The molecule has 0 aliphatic rings. The van der Waals surface area contributed by atoms with Crippen molar-refractivity contribution in [3.63, 3.8) is 0 Å². The van der Waals surface area contributed by atoms with E-state index in [-0.39, 0.29) is 16.9 Å². The van der Waals surface area contributed by atoms with Crippen LogP contribution in [-0.2, 0) is 13.5 Å². The second-order valence-electron chi connectivity index (χ2n) is 4.53. The molecule has 0 saturated carbocycles. The maximum atomic E-state index is 12.0. The Hall–Kier alpha value is -2.90. The minimum Gasteiger partial charge on any atom is -0.398 e. The fraction of sp³-hybridized carbons (Fsp3) is 0.231. The van der Waals surface area contributed by atoms with E-state index in [0.717, 1.165) is 5.69 Å². The SMILES string of the molecule is Cn1cncc1CCNC(=O)c1cc([N+](=O)[O-])ccc1N. The van der Waals surface area contributed by atoms with Gasteiger partial charge in [0.25, 0.3) is 11.6 Å². The monoisotopic (exact) mass is 289 g/mol. The molecule has 0 radical (unpaired) electrons. The number of benzene rings is 1. The third kappa shape index (κ3) is 3.35. The number of rotatable bonds is 5. The molecule has 0 aliphatic carbocycles. The van der Waals surface area contributed by atoms with E-state index in [4.69, 9.17) is 5.73 Å². The molecule has 0 saturated heterocycles. The van der Waals surface area contributed by atoms with E-state index in [1.54, 1.807) is 12.5 Å². The summed E-state index contributed by atoms with van der Waals surface area (Å²) in [5.41, 5.74) is 6.80. The Balaban J connectivity index is 2.01. The number of nitrogens with zero attached hydrogens (tertiary/aromatic N) is 3. The topological polar surface area (TPSA) is 116 Å². The van der Waals surface area contributed by atoms with Crippen molar-refractivity contribution in [1.29, 1.82) is 0 Å². The number of amides is 1. The molecule has 0 atom stereocenters. The highest BCUT2D eigenvalue weighted by molar-refractivity contribution is 5.99. The lowest BCUT2D eigenvalue weighted by atomic mass is 10.1. The third-order valence-electron chi connectivity index (χ3n) is 3.08. The Labute approximate surface area is 120 Å². The quantitative estimate of drug-likeness (QED) is 0.481. The maximum Gasteiger partial charge on any atom is 0.270 e. The summed E-state index contributed by atoms with van der Waals surface area (Å²) in [6.45, 7) is 0.389. The van der Waals surface area contributed by atoms with Crippen LogP contribution in [0.25, 0.3) is 0 Å². The highest BCUT2D eigenvalue weighted by Crippen LogP contribution is 2.19. The Morgan fingerprint density at radius 1 is 1.52 bits per heavy atom. The zero-order valence-corrected chi connectivity index (χ0v) is 11.4. The molecule has 21 heavy (non-hydrogen) atoms. The lowest BCUT2D eigenvalue weighted by Gasteiger charge is -2.07. The van der Waals surface area contributed by atoms with Crippen molar-refractivity contribution in [1.82, 2.24) is 14.9 Å². The number of anilines is 1. The summed E-state index contributed by atoms with van der Waals surface area (Å²) in [7, 11) is 1.86. The average molecular weight is 289 g/mol. The first-order chi connectivity index (χ1) is 9.99. The molecule has 8 heteroatoms. The number of hydrogen-bond acceptors (Lipinski definition) is 5. The van der Waals surface area contributed by atoms with Gasteiger partial charge in [0, 0.05) is 49.7 Å². The summed E-state index contributed by atoms with van der Waals surface area (Å²) in [6.07, 6.45) is 4.00. The molecule has 0 fully saturated rings. The molecule has 3 N–H and O–H groups in total. The molecule has 1 aromatic carbocycles. The Morgan fingerprint density at radius 3 is 2.90 bits per heavy atom. The van der Waals surface area contributed by atoms with E-state index >= 15 is 0 Å². The van der Waals surface area contributed by atoms with Crippen molar-refractivity contribution in [2.24, 2.45) is 7.05 Å². The van der Waals surface area contributed by atoms with Gasteiger partial charge in [-0.25, -0.2) is 4.98 Å². The van der Waals surface area contributed by atoms with Gasteiger partial charge in [-0.1, -0.05) is 0 Å². The van der Waals surface area contributed by atoms with Crippen LogP contribution in [0.4, 0.5) is 11.4 Å². The highest BCUT2D eigenvalue weighted by Gasteiger charge is 2.15. The minimum absolute atomic E-state index is 0.106. The molecule has 110 valence electrons. The first-order valence-electron chi connectivity index (χ1n) is 6.26. The number of aromatic nitrogens is 2. The van der Waals surface area contributed by atoms with Gasteiger partial charge in [-0.3, -0.25) is 14.9 Å². The normalized spacial score (nSPS) is 10.3. The van der Waals surface area contributed by atoms with Gasteiger partial charge in [-0.15, -0.1) is 0 Å². The summed E-state index contributed by atoms with van der Waals surface area (Å²) < 4.78 is 1.86. The molecule has 2 aromatic rings. The number of nitrogens with two attached hydrogens (primary N) is 1. The Kier molecular flexibility index (Phi) is 4.17. The smallest absolute Gasteiger partial charge is 0.270 e. The lowest BCUT2D eigenvalue weighted by Crippen LogP contribution is -2.27. The number of nitrogens with one attached hydrogen (secondary N) is 1. The largest absolute Gasteiger partial charge is 0.398 e. The molecule has 2 rings (SSSR count). The second kappa shape index (κ2) is 6.04. The molecular weight excluding hydrogens is 274 g/mol. The molecule has 8 nitrogen and oxygen atoms in total. The van der Waals surface area contributed by atoms with Gasteiger partial charge in [-0.2, -0.15) is 0 Å². The number of nitrogen functional groups attached to an aromatic ring is 1. The van der Waals surface area contributed by atoms with E-state index in [1.165, 1.54) is 18.2 Å². The third-order valence-corrected chi connectivity index (χ3v) is 3.08. The summed E-state index contributed by atoms with van der Waals surface area (Å²) in [4.78, 5) is 26.1. The van der Waals surface area contributed by atoms with Gasteiger partial charge in [-0.05, 0) is 6.07 Å². The van der Waals surface area contributed by atoms with Gasteiger partial charge in [0.1, 0.15) is 0 Å². The zero-order chi connectivity index (χ0) is 15.4. The number of nitro benzene ring substituents is 1. The first-order valence-corrected chi connectivity index (χ1v) is 6.26. The van der Waals surface area contributed by atoms with Gasteiger partial charge in [0.15, 0.2) is 0 Å². The zero-order valence-electron chi connectivity index (χ0n) is 11.4. The first kappa shape index (κ1) is 14.5. The predicted octanol–water partition coefficient (Wildman–Crippen LogP) is 0.883. The molecule has 1 heterocycles. The van der Waals surface area contributed by atoms with Gasteiger partial charge in [0.05, 0.1) is 16.8 Å². The van der Waals surface area contributed by atoms with E-state index in [0.29, 0.717) is 13.0 Å². The van der Waals surface area contributed by atoms with E-state index < -0.39 is 10.8 Å². The van der Waals surface area contributed by atoms with Crippen LogP contribution in [0.5, 0.6) is 0 Å². The highest BCUT2D eigenvalue weighted by atomic mass is 16.6. The van der Waals surface area contributed by atoms with Crippen molar-refractivity contribution in [3.05, 3.63) is 52.1 Å². The summed E-state index contributed by atoms with van der Waals surface area (Å²) >= 11 is 0. The number of non-ortho nitro benzene ring substituents is 1. The molecule has 0 spiro atoms. The number of carbonyl (C=O) groups excluding carboxylic acids is 1. The predicted molar refractivity (Wildman–Crippen MR) is 76.8 cm³/mol. The standard InChI is InChI=1S/C13H15N5O3/c1-17-8-15-7-10(17)4-5-16-13(19)11-6-9(18(20)21)2-3-12(11)14/h2-3,6-8H,4-5,14H2,1H3,(H,16,19). The number of hydrogen-bond donors (Lipinski definition) is 2. The van der Waals surface area contributed by atoms with Crippen molar-refractivity contribution >= 4 is 17.3 Å². The van der Waals surface area contributed by atoms with Crippen LogP contribution in [0.2, 0.25) is 0 Å². The second-order valence-corrected chi connectivity index (χ2v) is 4.53. The van der Waals surface area contributed by atoms with Crippen LogP contribution >= 0.6 is 0 Å². The van der Waals surface area contributed by atoms with E-state index in [2.05, 4.69) is 10.3 Å². The summed E-state index contributed by atoms with van der Waals surface area (Å²) in [5, 5.41) is 13.4. The number of imidazole rings is 1. The minimum atomic E-state index is -0.564. The molecular formula is C13H15N5O3. The van der Waals surface area contributed by atoms with Crippen LogP contribution in [0.1, 0.15) is 16.1 Å². The number of carbonyl (C=O) groups is 1. The molecule has 0 bridgehead atoms. The maximum absolute atomic E-state index is 12.0. The van der Waals surface area contributed by atoms with E-state index in [9.17, 15) is 14.9 Å². The van der Waals surface area contributed by atoms with E-state index in [1.807, 2.05) is 11.6 Å². The Morgan fingerprint density at radius 2 is 2.29 bits per heavy atom. The summed E-state index contributed by atoms with van der Waals surface area (Å²) in [5.74, 6) is -0.432. The van der Waals surface area contributed by atoms with Crippen molar-refractivity contribution in [3.8, 4) is 0 Å². The van der Waals surface area contributed by atoms with Crippen molar-refractivity contribution in [2.75, 3.05) is 12.3 Å². The van der Waals surface area contributed by atoms with Crippen LogP contribution in [-0.4, -0.2) is 26.9 Å². The average Bonchev–Trinajstić information content (AvgIpc) is 2.84. The molecule has 0 aliphatic heterocycles. The fourth-order valence-electron chi connectivity index (χ4n) is 1.88. The van der Waals surface area contributed by atoms with Crippen LogP contribution < -0.4 is 11.1 Å². The molecule has 0 unspecified atom stereocenters. The molecule has 1 aromatic heterocycles. The van der Waals surface area contributed by atoms with Gasteiger partial charge < -0.3 is 15.6 Å². The van der Waals surface area contributed by atoms with Gasteiger partial charge in [0.2, 0.25) is 0 Å². The Bertz CT molecular complexity index is 680. The number of nitro groups is 1. The fourth-order valence-corrected chi connectivity index (χ4v) is 1.88. The molecule has 1 amide bonds. The van der Waals surface area contributed by atoms with Gasteiger partial charge >= 0.3 is 0 Å². The number of aryl methyl sites for hydroxylation is 1.